The second-order valence-electron chi connectivity index (χ2n) is 5.16. The molecule has 1 N–H and O–H groups in total. The van der Waals surface area contributed by atoms with E-state index in [0.29, 0.717) is 6.04 Å². The highest BCUT2D eigenvalue weighted by Crippen LogP contribution is 2.22. The fourth-order valence-electron chi connectivity index (χ4n) is 2.16. The number of rotatable bonds is 8. The first-order valence-electron chi connectivity index (χ1n) is 7.16. The quantitative estimate of drug-likeness (QED) is 0.460. The normalized spacial score (nSPS) is 12.4. The van der Waals surface area contributed by atoms with Gasteiger partial charge in [0.1, 0.15) is 0 Å². The summed E-state index contributed by atoms with van der Waals surface area (Å²) in [6.07, 6.45) is 8.11. The maximum absolute atomic E-state index is 3.64. The number of hydrogen-bond acceptors (Lipinski definition) is 1. The predicted molar refractivity (Wildman–Crippen MR) is 90.4 cm³/mol. The summed E-state index contributed by atoms with van der Waals surface area (Å²) in [5.41, 5.74) is 2.67. The Morgan fingerprint density at radius 2 is 1.89 bits per heavy atom. The Labute approximate surface area is 126 Å². The van der Waals surface area contributed by atoms with Crippen molar-refractivity contribution in [3.63, 3.8) is 0 Å². The third-order valence-corrected chi connectivity index (χ3v) is 4.58. The van der Waals surface area contributed by atoms with Crippen molar-refractivity contribution in [2.45, 2.75) is 65.3 Å². The third kappa shape index (κ3) is 5.59. The Morgan fingerprint density at radius 3 is 2.61 bits per heavy atom. The van der Waals surface area contributed by atoms with E-state index in [1.54, 1.807) is 0 Å². The summed E-state index contributed by atoms with van der Waals surface area (Å²) in [6, 6.07) is 7.05. The molecule has 0 radical (unpaired) electrons. The van der Waals surface area contributed by atoms with Gasteiger partial charge in [-0.1, -0.05) is 45.1 Å². The Bertz CT molecular complexity index is 349. The van der Waals surface area contributed by atoms with Gasteiger partial charge in [0.05, 0.1) is 0 Å². The van der Waals surface area contributed by atoms with E-state index in [2.05, 4.69) is 66.9 Å². The maximum Gasteiger partial charge on any atom is 0.0382 e. The van der Waals surface area contributed by atoms with Crippen molar-refractivity contribution in [2.75, 3.05) is 5.32 Å². The molecule has 0 aliphatic rings. The molecular weight excluding hydrogens is 333 g/mol. The molecule has 0 aliphatic carbocycles. The van der Waals surface area contributed by atoms with Crippen LogP contribution < -0.4 is 5.32 Å². The van der Waals surface area contributed by atoms with Gasteiger partial charge in [-0.15, -0.1) is 0 Å². The fourth-order valence-corrected chi connectivity index (χ4v) is 2.65. The molecule has 2 heteroatoms. The molecule has 102 valence electrons. The van der Waals surface area contributed by atoms with Gasteiger partial charge in [-0.3, -0.25) is 0 Å². The topological polar surface area (TPSA) is 12.0 Å². The van der Waals surface area contributed by atoms with Crippen LogP contribution in [0, 0.1) is 10.5 Å². The van der Waals surface area contributed by atoms with Crippen LogP contribution >= 0.6 is 22.6 Å². The summed E-state index contributed by atoms with van der Waals surface area (Å²) in [5, 5.41) is 3.64. The van der Waals surface area contributed by atoms with E-state index >= 15 is 0 Å². The van der Waals surface area contributed by atoms with Crippen LogP contribution in [-0.2, 0) is 0 Å². The average Bonchev–Trinajstić information content (AvgIpc) is 2.35. The zero-order valence-electron chi connectivity index (χ0n) is 11.9. The van der Waals surface area contributed by atoms with Crippen molar-refractivity contribution in [1.29, 1.82) is 0 Å². The van der Waals surface area contributed by atoms with Gasteiger partial charge in [0.2, 0.25) is 0 Å². The Morgan fingerprint density at radius 1 is 1.17 bits per heavy atom. The van der Waals surface area contributed by atoms with Gasteiger partial charge in [0, 0.05) is 15.3 Å². The van der Waals surface area contributed by atoms with Gasteiger partial charge in [-0.2, -0.15) is 0 Å². The van der Waals surface area contributed by atoms with Gasteiger partial charge in [-0.25, -0.2) is 0 Å². The molecule has 0 saturated heterocycles. The van der Waals surface area contributed by atoms with Gasteiger partial charge in [-0.05, 0) is 60.6 Å². The lowest BCUT2D eigenvalue weighted by molar-refractivity contribution is 0.578. The first-order valence-corrected chi connectivity index (χ1v) is 8.24. The van der Waals surface area contributed by atoms with Crippen molar-refractivity contribution >= 4 is 28.3 Å². The highest BCUT2D eigenvalue weighted by Gasteiger charge is 2.05. The molecule has 0 bridgehead atoms. The Balaban J connectivity index is 2.31. The maximum atomic E-state index is 3.64. The van der Waals surface area contributed by atoms with E-state index in [1.165, 1.54) is 53.3 Å². The second-order valence-corrected chi connectivity index (χ2v) is 6.32. The monoisotopic (exact) mass is 359 g/mol. The van der Waals surface area contributed by atoms with Crippen LogP contribution in [-0.4, -0.2) is 6.04 Å². The Hall–Kier alpha value is -0.250. The number of halogens is 1. The zero-order chi connectivity index (χ0) is 13.4. The molecule has 0 aromatic heterocycles. The minimum atomic E-state index is 0.573. The molecule has 0 saturated carbocycles. The summed E-state index contributed by atoms with van der Waals surface area (Å²) in [5.74, 6) is 0. The number of hydrogen-bond donors (Lipinski definition) is 1. The summed E-state index contributed by atoms with van der Waals surface area (Å²) >= 11 is 2.40. The van der Waals surface area contributed by atoms with Gasteiger partial charge in [0.25, 0.3) is 0 Å². The number of benzene rings is 1. The molecule has 0 amide bonds. The van der Waals surface area contributed by atoms with E-state index in [1.807, 2.05) is 0 Å². The second kappa shape index (κ2) is 8.78. The van der Waals surface area contributed by atoms with Crippen molar-refractivity contribution < 1.29 is 0 Å². The highest BCUT2D eigenvalue weighted by molar-refractivity contribution is 14.1. The van der Waals surface area contributed by atoms with Crippen LogP contribution in [0.3, 0.4) is 0 Å². The van der Waals surface area contributed by atoms with E-state index < -0.39 is 0 Å². The van der Waals surface area contributed by atoms with Crippen LogP contribution in [0.1, 0.15) is 57.9 Å². The molecule has 0 heterocycles. The molecule has 1 rings (SSSR count). The van der Waals surface area contributed by atoms with Crippen LogP contribution in [0.15, 0.2) is 18.2 Å². The van der Waals surface area contributed by atoms with Crippen LogP contribution in [0.25, 0.3) is 0 Å². The first kappa shape index (κ1) is 15.8. The molecule has 0 fully saturated rings. The van der Waals surface area contributed by atoms with Crippen molar-refractivity contribution in [2.24, 2.45) is 0 Å². The van der Waals surface area contributed by atoms with Gasteiger partial charge < -0.3 is 5.32 Å². The van der Waals surface area contributed by atoms with Crippen molar-refractivity contribution in [3.8, 4) is 0 Å². The summed E-state index contributed by atoms with van der Waals surface area (Å²) in [6.45, 7) is 6.75. The standard InChI is InChI=1S/C16H26IN/c1-4-5-6-7-8-10-13(2)18-16-12-9-11-15(17)14(16)3/h9,11-13,18H,4-8,10H2,1-3H3. The van der Waals surface area contributed by atoms with Crippen molar-refractivity contribution in [1.82, 2.24) is 0 Å². The molecule has 18 heavy (non-hydrogen) atoms. The van der Waals surface area contributed by atoms with Crippen LogP contribution in [0.4, 0.5) is 5.69 Å². The predicted octanol–water partition coefficient (Wildman–Crippen LogP) is 5.76. The lowest BCUT2D eigenvalue weighted by atomic mass is 10.1. The molecule has 1 aromatic rings. The summed E-state index contributed by atoms with van der Waals surface area (Å²) < 4.78 is 1.34. The lowest BCUT2D eigenvalue weighted by Gasteiger charge is -2.17. The summed E-state index contributed by atoms with van der Waals surface area (Å²) in [7, 11) is 0. The highest BCUT2D eigenvalue weighted by atomic mass is 127. The molecule has 1 nitrogen and oxygen atoms in total. The number of unbranched alkanes of at least 4 members (excludes halogenated alkanes) is 4. The van der Waals surface area contributed by atoms with E-state index in [0.717, 1.165) is 0 Å². The molecule has 1 aromatic carbocycles. The number of nitrogens with one attached hydrogen (secondary N) is 1. The SMILES string of the molecule is CCCCCCCC(C)Nc1cccc(I)c1C. The van der Waals surface area contributed by atoms with E-state index in [9.17, 15) is 0 Å². The van der Waals surface area contributed by atoms with Crippen LogP contribution in [0.2, 0.25) is 0 Å². The minimum absolute atomic E-state index is 0.573. The number of anilines is 1. The smallest absolute Gasteiger partial charge is 0.0382 e. The molecular formula is C16H26IN. The summed E-state index contributed by atoms with van der Waals surface area (Å²) in [4.78, 5) is 0. The van der Waals surface area contributed by atoms with Crippen molar-refractivity contribution in [3.05, 3.63) is 27.3 Å². The van der Waals surface area contributed by atoms with E-state index in [4.69, 9.17) is 0 Å². The third-order valence-electron chi connectivity index (χ3n) is 3.41. The molecule has 0 aliphatic heterocycles. The molecule has 0 spiro atoms. The van der Waals surface area contributed by atoms with Crippen LogP contribution in [0.5, 0.6) is 0 Å². The zero-order valence-corrected chi connectivity index (χ0v) is 14.1. The molecule has 1 atom stereocenters. The lowest BCUT2D eigenvalue weighted by Crippen LogP contribution is -2.15. The first-order chi connectivity index (χ1) is 8.65. The van der Waals surface area contributed by atoms with E-state index in [-0.39, 0.29) is 0 Å². The van der Waals surface area contributed by atoms with Gasteiger partial charge in [0.15, 0.2) is 0 Å². The Kier molecular flexibility index (Phi) is 7.71. The fraction of sp³-hybridized carbons (Fsp3) is 0.625. The minimum Gasteiger partial charge on any atom is -0.382 e. The molecule has 1 unspecified atom stereocenters. The largest absolute Gasteiger partial charge is 0.382 e. The average molecular weight is 359 g/mol. The van der Waals surface area contributed by atoms with Gasteiger partial charge >= 0.3 is 0 Å².